The van der Waals surface area contributed by atoms with Gasteiger partial charge in [-0.05, 0) is 31.4 Å². The van der Waals surface area contributed by atoms with Gasteiger partial charge in [-0.25, -0.2) is 0 Å². The van der Waals surface area contributed by atoms with Crippen molar-refractivity contribution < 1.29 is 0 Å². The van der Waals surface area contributed by atoms with E-state index in [0.29, 0.717) is 0 Å². The van der Waals surface area contributed by atoms with Gasteiger partial charge in [0.05, 0.1) is 11.4 Å². The Kier molecular flexibility index (Phi) is 3.70. The summed E-state index contributed by atoms with van der Waals surface area (Å²) in [6, 6.07) is 6.57. The summed E-state index contributed by atoms with van der Waals surface area (Å²) in [5.74, 6) is 0. The summed E-state index contributed by atoms with van der Waals surface area (Å²) in [5, 5.41) is 7.92. The van der Waals surface area contributed by atoms with Gasteiger partial charge in [0, 0.05) is 19.8 Å². The first-order valence-corrected chi connectivity index (χ1v) is 6.42. The lowest BCUT2D eigenvalue weighted by Crippen LogP contribution is -2.02. The average Bonchev–Trinajstić information content (AvgIpc) is 2.71. The van der Waals surface area contributed by atoms with Crippen LogP contribution in [0.4, 0.5) is 5.69 Å². The van der Waals surface area contributed by atoms with E-state index >= 15 is 0 Å². The third-order valence-electron chi connectivity index (χ3n) is 3.21. The summed E-state index contributed by atoms with van der Waals surface area (Å²) in [4.78, 5) is 0. The van der Waals surface area contributed by atoms with Crippen molar-refractivity contribution in [2.24, 2.45) is 7.05 Å². The molecule has 3 heteroatoms. The maximum Gasteiger partial charge on any atom is 0.0853 e. The molecule has 0 atom stereocenters. The van der Waals surface area contributed by atoms with Crippen LogP contribution in [0.2, 0.25) is 0 Å². The molecule has 0 spiro atoms. The van der Waals surface area contributed by atoms with E-state index in [1.54, 1.807) is 0 Å². The number of nitrogens with one attached hydrogen (secondary N) is 1. The van der Waals surface area contributed by atoms with Crippen LogP contribution in [-0.4, -0.2) is 9.78 Å². The van der Waals surface area contributed by atoms with Crippen LogP contribution >= 0.6 is 0 Å². The Labute approximate surface area is 109 Å². The standard InChI is InChI=1S/C15H21N3/c1-5-14-15(10-18(4)17-14)16-9-13-8-11(2)6-7-12(13)3/h6-8,10,16H,5,9H2,1-4H3. The molecule has 0 unspecified atom stereocenters. The number of aromatic nitrogens is 2. The normalized spacial score (nSPS) is 10.7. The van der Waals surface area contributed by atoms with Crippen molar-refractivity contribution in [1.29, 1.82) is 0 Å². The molecule has 3 nitrogen and oxygen atoms in total. The van der Waals surface area contributed by atoms with Gasteiger partial charge in [0.15, 0.2) is 0 Å². The lowest BCUT2D eigenvalue weighted by Gasteiger charge is -2.09. The van der Waals surface area contributed by atoms with Crippen molar-refractivity contribution >= 4 is 5.69 Å². The summed E-state index contributed by atoms with van der Waals surface area (Å²) >= 11 is 0. The number of hydrogen-bond donors (Lipinski definition) is 1. The second kappa shape index (κ2) is 5.25. The van der Waals surface area contributed by atoms with E-state index in [4.69, 9.17) is 0 Å². The van der Waals surface area contributed by atoms with Crippen molar-refractivity contribution in [3.63, 3.8) is 0 Å². The van der Waals surface area contributed by atoms with Crippen LogP contribution in [0.1, 0.15) is 29.3 Å². The van der Waals surface area contributed by atoms with Gasteiger partial charge >= 0.3 is 0 Å². The molecule has 18 heavy (non-hydrogen) atoms. The van der Waals surface area contributed by atoms with E-state index in [1.165, 1.54) is 16.7 Å². The molecule has 2 rings (SSSR count). The van der Waals surface area contributed by atoms with Crippen molar-refractivity contribution in [3.05, 3.63) is 46.8 Å². The van der Waals surface area contributed by atoms with Crippen molar-refractivity contribution in [2.75, 3.05) is 5.32 Å². The molecule has 1 N–H and O–H groups in total. The van der Waals surface area contributed by atoms with Crippen LogP contribution in [0, 0.1) is 13.8 Å². The molecule has 0 bridgehead atoms. The highest BCUT2D eigenvalue weighted by Crippen LogP contribution is 2.17. The highest BCUT2D eigenvalue weighted by Gasteiger charge is 2.06. The van der Waals surface area contributed by atoms with Gasteiger partial charge in [0.25, 0.3) is 0 Å². The zero-order chi connectivity index (χ0) is 13.1. The van der Waals surface area contributed by atoms with Crippen molar-refractivity contribution in [2.45, 2.75) is 33.7 Å². The molecule has 1 aromatic heterocycles. The van der Waals surface area contributed by atoms with Crippen LogP contribution in [0.25, 0.3) is 0 Å². The Balaban J connectivity index is 2.13. The third-order valence-corrected chi connectivity index (χ3v) is 3.21. The van der Waals surface area contributed by atoms with E-state index in [0.717, 1.165) is 24.3 Å². The number of benzene rings is 1. The average molecular weight is 243 g/mol. The number of rotatable bonds is 4. The maximum atomic E-state index is 4.44. The molecule has 2 aromatic rings. The molecule has 1 aromatic carbocycles. The molecule has 0 saturated heterocycles. The molecular weight excluding hydrogens is 222 g/mol. The van der Waals surface area contributed by atoms with Gasteiger partial charge in [0.2, 0.25) is 0 Å². The second-order valence-corrected chi connectivity index (χ2v) is 4.80. The van der Waals surface area contributed by atoms with Gasteiger partial charge in [-0.2, -0.15) is 5.10 Å². The van der Waals surface area contributed by atoms with Gasteiger partial charge in [-0.15, -0.1) is 0 Å². The van der Waals surface area contributed by atoms with Gasteiger partial charge in [-0.3, -0.25) is 4.68 Å². The Morgan fingerprint density at radius 2 is 2.06 bits per heavy atom. The van der Waals surface area contributed by atoms with Crippen LogP contribution in [0.15, 0.2) is 24.4 Å². The van der Waals surface area contributed by atoms with Gasteiger partial charge in [0.1, 0.15) is 0 Å². The largest absolute Gasteiger partial charge is 0.378 e. The Hall–Kier alpha value is -1.77. The third kappa shape index (κ3) is 2.73. The van der Waals surface area contributed by atoms with Gasteiger partial charge in [-0.1, -0.05) is 30.7 Å². The lowest BCUT2D eigenvalue weighted by atomic mass is 10.1. The maximum absolute atomic E-state index is 4.44. The lowest BCUT2D eigenvalue weighted by molar-refractivity contribution is 0.746. The zero-order valence-corrected chi connectivity index (χ0v) is 11.6. The predicted molar refractivity (Wildman–Crippen MR) is 75.8 cm³/mol. The summed E-state index contributed by atoms with van der Waals surface area (Å²) in [6.07, 6.45) is 3.00. The molecule has 0 aliphatic heterocycles. The van der Waals surface area contributed by atoms with Crippen molar-refractivity contribution in [3.8, 4) is 0 Å². The minimum Gasteiger partial charge on any atom is -0.378 e. The summed E-state index contributed by atoms with van der Waals surface area (Å²) < 4.78 is 1.87. The van der Waals surface area contributed by atoms with E-state index in [2.05, 4.69) is 49.4 Å². The smallest absolute Gasteiger partial charge is 0.0853 e. The number of anilines is 1. The number of aryl methyl sites for hydroxylation is 4. The van der Waals surface area contributed by atoms with Crippen molar-refractivity contribution in [1.82, 2.24) is 9.78 Å². The molecule has 1 heterocycles. The molecule has 0 saturated carbocycles. The molecule has 0 aliphatic carbocycles. The molecule has 0 aliphatic rings. The predicted octanol–water partition coefficient (Wildman–Crippen LogP) is 3.21. The highest BCUT2D eigenvalue weighted by atomic mass is 15.3. The number of hydrogen-bond acceptors (Lipinski definition) is 2. The van der Waals surface area contributed by atoms with Crippen LogP contribution in [0.3, 0.4) is 0 Å². The Morgan fingerprint density at radius 3 is 2.78 bits per heavy atom. The molecule has 0 amide bonds. The first-order chi connectivity index (χ1) is 8.60. The monoisotopic (exact) mass is 243 g/mol. The van der Waals surface area contributed by atoms with Gasteiger partial charge < -0.3 is 5.32 Å². The number of nitrogens with zero attached hydrogens (tertiary/aromatic N) is 2. The van der Waals surface area contributed by atoms with E-state index in [9.17, 15) is 0 Å². The fraction of sp³-hybridized carbons (Fsp3) is 0.400. The van der Waals surface area contributed by atoms with E-state index < -0.39 is 0 Å². The summed E-state index contributed by atoms with van der Waals surface area (Å²) in [7, 11) is 1.96. The molecule has 0 radical (unpaired) electrons. The molecule has 96 valence electrons. The second-order valence-electron chi connectivity index (χ2n) is 4.80. The first kappa shape index (κ1) is 12.7. The topological polar surface area (TPSA) is 29.9 Å². The Morgan fingerprint density at radius 1 is 1.28 bits per heavy atom. The minimum atomic E-state index is 0.853. The summed E-state index contributed by atoms with van der Waals surface area (Å²) in [6.45, 7) is 7.27. The van der Waals surface area contributed by atoms with E-state index in [1.807, 2.05) is 17.9 Å². The highest BCUT2D eigenvalue weighted by molar-refractivity contribution is 5.47. The fourth-order valence-electron chi connectivity index (χ4n) is 2.12. The van der Waals surface area contributed by atoms with E-state index in [-0.39, 0.29) is 0 Å². The zero-order valence-electron chi connectivity index (χ0n) is 11.6. The quantitative estimate of drug-likeness (QED) is 0.893. The Bertz CT molecular complexity index is 541. The van der Waals surface area contributed by atoms with Crippen LogP contribution in [0.5, 0.6) is 0 Å². The first-order valence-electron chi connectivity index (χ1n) is 6.42. The summed E-state index contributed by atoms with van der Waals surface area (Å²) in [5.41, 5.74) is 6.25. The van der Waals surface area contributed by atoms with Crippen LogP contribution < -0.4 is 5.32 Å². The SMILES string of the molecule is CCc1nn(C)cc1NCc1cc(C)ccc1C. The molecule has 0 fully saturated rings. The fourth-order valence-corrected chi connectivity index (χ4v) is 2.12. The van der Waals surface area contributed by atoms with Crippen LogP contribution in [-0.2, 0) is 20.0 Å². The minimum absolute atomic E-state index is 0.853. The molecular formula is C15H21N3.